The van der Waals surface area contributed by atoms with E-state index in [1.54, 1.807) is 0 Å². The molecule has 0 radical (unpaired) electrons. The van der Waals surface area contributed by atoms with E-state index in [1.165, 1.54) is 43.7 Å². The average Bonchev–Trinajstić information content (AvgIpc) is 3.04. The molecule has 214 valence electrons. The van der Waals surface area contributed by atoms with E-state index in [1.807, 2.05) is 0 Å². The Kier molecular flexibility index (Phi) is 10.3. The normalized spacial score (nSPS) is 11.8. The minimum atomic E-state index is -0.523. The summed E-state index contributed by atoms with van der Waals surface area (Å²) in [6.45, 7) is 9.81. The average molecular weight is 589 g/mol. The van der Waals surface area contributed by atoms with Gasteiger partial charge in [0.15, 0.2) is 0 Å². The predicted molar refractivity (Wildman–Crippen MR) is 186 cm³/mol. The fourth-order valence-corrected chi connectivity index (χ4v) is 10.0. The van der Waals surface area contributed by atoms with Crippen molar-refractivity contribution in [3.63, 3.8) is 0 Å². The maximum absolute atomic E-state index is 6.57. The molecule has 5 aromatic rings. The Bertz CT molecular complexity index is 1520. The molecule has 0 aliphatic carbocycles. The van der Waals surface area contributed by atoms with Gasteiger partial charge < -0.3 is 4.74 Å². The molecule has 1 nitrogen and oxygen atoms in total. The lowest BCUT2D eigenvalue weighted by Gasteiger charge is -2.36. The summed E-state index contributed by atoms with van der Waals surface area (Å²) in [6.07, 6.45) is 3.17. The first-order valence-corrected chi connectivity index (χ1v) is 17.6. The maximum atomic E-state index is 6.57. The second-order valence-electron chi connectivity index (χ2n) is 11.1. The van der Waals surface area contributed by atoms with Crippen LogP contribution in [0.25, 0.3) is 0 Å². The zero-order valence-electron chi connectivity index (χ0n) is 25.3. The Hall–Kier alpha value is -3.24. The Morgan fingerprint density at radius 2 is 1.26 bits per heavy atom. The fraction of sp³-hybridized carbons (Fsp3) is 0.231. The minimum Gasteiger partial charge on any atom is -0.489 e. The molecule has 0 heterocycles. The highest BCUT2D eigenvalue weighted by molar-refractivity contribution is 7.72. The Morgan fingerprint density at radius 3 is 1.86 bits per heavy atom. The van der Waals surface area contributed by atoms with E-state index in [2.05, 4.69) is 155 Å². The summed E-state index contributed by atoms with van der Waals surface area (Å²) < 4.78 is 6.57. The molecular weight excluding hydrogens is 546 g/mol. The van der Waals surface area contributed by atoms with Crippen molar-refractivity contribution in [3.05, 3.63) is 155 Å². The number of benzene rings is 5. The molecule has 5 aromatic carbocycles. The van der Waals surface area contributed by atoms with Crippen LogP contribution in [0, 0.1) is 13.8 Å². The minimum absolute atomic E-state index is 0.00115. The number of ether oxygens (including phenoxy) is 1. The molecule has 0 spiro atoms. The Morgan fingerprint density at radius 1 is 0.667 bits per heavy atom. The van der Waals surface area contributed by atoms with Crippen molar-refractivity contribution >= 4 is 32.4 Å². The molecule has 0 fully saturated rings. The molecule has 0 bridgehead atoms. The van der Waals surface area contributed by atoms with Gasteiger partial charge in [0.1, 0.15) is 12.4 Å². The van der Waals surface area contributed by atoms with Gasteiger partial charge in [0, 0.05) is 16.9 Å². The van der Waals surface area contributed by atoms with E-state index in [0.717, 1.165) is 24.8 Å². The van der Waals surface area contributed by atoms with Gasteiger partial charge in [-0.25, -0.2) is 0 Å². The Balaban J connectivity index is 1.53. The maximum Gasteiger partial charge on any atom is 0.123 e. The number of hydrogen-bond donors (Lipinski definition) is 0. The molecular formula is C39H42OP2. The highest BCUT2D eigenvalue weighted by Gasteiger charge is 2.34. The van der Waals surface area contributed by atoms with E-state index in [9.17, 15) is 0 Å². The van der Waals surface area contributed by atoms with Gasteiger partial charge in [-0.1, -0.05) is 149 Å². The lowest BCUT2D eigenvalue weighted by Crippen LogP contribution is -2.25. The van der Waals surface area contributed by atoms with Gasteiger partial charge in [-0.3, -0.25) is 0 Å². The molecule has 0 N–H and O–H groups in total. The topological polar surface area (TPSA) is 9.23 Å². The Labute approximate surface area is 255 Å². The second kappa shape index (κ2) is 14.3. The third-order valence-electron chi connectivity index (χ3n) is 8.28. The molecule has 5 rings (SSSR count). The molecule has 1 atom stereocenters. The van der Waals surface area contributed by atoms with Crippen LogP contribution in [0.5, 0.6) is 5.75 Å². The van der Waals surface area contributed by atoms with Crippen molar-refractivity contribution in [2.45, 2.75) is 58.5 Å². The molecule has 0 saturated heterocycles. The summed E-state index contributed by atoms with van der Waals surface area (Å²) in [4.78, 5) is 0. The van der Waals surface area contributed by atoms with E-state index < -0.39 is 7.92 Å². The lowest BCUT2D eigenvalue weighted by atomic mass is 9.90. The van der Waals surface area contributed by atoms with Crippen LogP contribution in [0.3, 0.4) is 0 Å². The van der Waals surface area contributed by atoms with E-state index >= 15 is 0 Å². The van der Waals surface area contributed by atoms with Crippen LogP contribution in [0.4, 0.5) is 0 Å². The van der Waals surface area contributed by atoms with Crippen LogP contribution in [0.1, 0.15) is 54.5 Å². The summed E-state index contributed by atoms with van der Waals surface area (Å²) in [6, 6.07) is 46.4. The monoisotopic (exact) mass is 588 g/mol. The smallest absolute Gasteiger partial charge is 0.123 e. The molecule has 0 aliphatic heterocycles. The third kappa shape index (κ3) is 7.03. The van der Waals surface area contributed by atoms with Crippen LogP contribution in [-0.2, 0) is 17.9 Å². The van der Waals surface area contributed by atoms with Gasteiger partial charge in [-0.2, -0.15) is 0 Å². The number of aryl methyl sites for hydroxylation is 2. The van der Waals surface area contributed by atoms with Crippen molar-refractivity contribution in [3.8, 4) is 5.75 Å². The van der Waals surface area contributed by atoms with Crippen LogP contribution < -0.4 is 20.7 Å². The number of rotatable bonds is 12. The van der Waals surface area contributed by atoms with Gasteiger partial charge in [0.25, 0.3) is 0 Å². The first-order chi connectivity index (χ1) is 20.5. The predicted octanol–water partition coefficient (Wildman–Crippen LogP) is 9.53. The van der Waals surface area contributed by atoms with E-state index in [0.29, 0.717) is 15.2 Å². The van der Waals surface area contributed by atoms with Gasteiger partial charge in [-0.15, -0.1) is 0 Å². The molecule has 3 heteroatoms. The zero-order valence-corrected chi connectivity index (χ0v) is 27.2. The van der Waals surface area contributed by atoms with Crippen molar-refractivity contribution < 1.29 is 4.74 Å². The first-order valence-electron chi connectivity index (χ1n) is 15.0. The van der Waals surface area contributed by atoms with Crippen LogP contribution >= 0.6 is 16.5 Å². The van der Waals surface area contributed by atoms with Crippen LogP contribution in [0.2, 0.25) is 0 Å². The SMILES string of the molecule is CCC(CC)(Pc1c(C)cccc1CP(c1ccccc1)c1ccccc1)c1cc(C)ccc1OCc1ccccc1. The van der Waals surface area contributed by atoms with Crippen molar-refractivity contribution in [1.29, 1.82) is 0 Å². The summed E-state index contributed by atoms with van der Waals surface area (Å²) in [5, 5.41) is 4.39. The molecule has 0 aliphatic rings. The van der Waals surface area contributed by atoms with Crippen molar-refractivity contribution in [2.24, 2.45) is 0 Å². The summed E-state index contributed by atoms with van der Waals surface area (Å²) in [5.41, 5.74) is 6.71. The quantitative estimate of drug-likeness (QED) is 0.132. The van der Waals surface area contributed by atoms with Gasteiger partial charge in [0.05, 0.1) is 0 Å². The third-order valence-corrected chi connectivity index (χ3v) is 13.2. The standard InChI is InChI=1S/C39H42OP2/c1-5-39(6-2,36-27-30(3)25-26-37(36)40-28-32-18-10-7-11-19-32)41-38-31(4)17-16-20-33(38)29-42(34-21-12-8-13-22-34)35-23-14-9-15-24-35/h7-27,41H,5-6,28-29H2,1-4H3. The second-order valence-corrected chi connectivity index (χ2v) is 15.0. The largest absolute Gasteiger partial charge is 0.489 e. The highest BCUT2D eigenvalue weighted by atomic mass is 31.1. The van der Waals surface area contributed by atoms with Crippen molar-refractivity contribution in [2.75, 3.05) is 0 Å². The summed E-state index contributed by atoms with van der Waals surface area (Å²) in [5.74, 6) is 1.02. The molecule has 0 aromatic heterocycles. The van der Waals surface area contributed by atoms with Crippen LogP contribution in [-0.4, -0.2) is 0 Å². The summed E-state index contributed by atoms with van der Waals surface area (Å²) in [7, 11) is 0.127. The first kappa shape index (κ1) is 30.2. The lowest BCUT2D eigenvalue weighted by molar-refractivity contribution is 0.298. The van der Waals surface area contributed by atoms with E-state index in [-0.39, 0.29) is 5.16 Å². The summed E-state index contributed by atoms with van der Waals surface area (Å²) >= 11 is 0. The van der Waals surface area contributed by atoms with Gasteiger partial charge in [0.2, 0.25) is 0 Å². The molecule has 0 amide bonds. The van der Waals surface area contributed by atoms with Gasteiger partial charge in [-0.05, 0) is 73.3 Å². The van der Waals surface area contributed by atoms with Crippen LogP contribution in [0.15, 0.2) is 127 Å². The van der Waals surface area contributed by atoms with Gasteiger partial charge >= 0.3 is 0 Å². The highest BCUT2D eigenvalue weighted by Crippen LogP contribution is 2.52. The molecule has 0 saturated carbocycles. The number of hydrogen-bond acceptors (Lipinski definition) is 1. The zero-order chi connectivity index (χ0) is 29.4. The fourth-order valence-electron chi connectivity index (χ4n) is 5.75. The molecule has 1 unspecified atom stereocenters. The molecule has 42 heavy (non-hydrogen) atoms. The van der Waals surface area contributed by atoms with Crippen molar-refractivity contribution in [1.82, 2.24) is 0 Å². The van der Waals surface area contributed by atoms with E-state index in [4.69, 9.17) is 4.74 Å².